The van der Waals surface area contributed by atoms with E-state index < -0.39 is 0 Å². The number of benzene rings is 2. The Morgan fingerprint density at radius 1 is 1.25 bits per heavy atom. The van der Waals surface area contributed by atoms with Gasteiger partial charge < -0.3 is 11.1 Å². The average Bonchev–Trinajstić information content (AvgIpc) is 2.41. The molecule has 0 spiro atoms. The van der Waals surface area contributed by atoms with E-state index in [-0.39, 0.29) is 17.8 Å². The topological polar surface area (TPSA) is 55.1 Å². The van der Waals surface area contributed by atoms with Gasteiger partial charge in [-0.3, -0.25) is 4.79 Å². The van der Waals surface area contributed by atoms with E-state index in [1.54, 1.807) is 37.3 Å². The Balaban J connectivity index is 2.17. The Morgan fingerprint density at radius 2 is 1.95 bits per heavy atom. The van der Waals surface area contributed by atoms with Gasteiger partial charge >= 0.3 is 0 Å². The Hall–Kier alpha value is -2.36. The summed E-state index contributed by atoms with van der Waals surface area (Å²) in [5.41, 5.74) is 8.37. The molecule has 1 amide bonds. The summed E-state index contributed by atoms with van der Waals surface area (Å²) in [6.07, 6.45) is 0. The average molecular weight is 272 g/mol. The second kappa shape index (κ2) is 5.74. The molecule has 2 aromatic carbocycles. The minimum absolute atomic E-state index is 0.216. The van der Waals surface area contributed by atoms with E-state index in [9.17, 15) is 9.18 Å². The first-order valence-electron chi connectivity index (χ1n) is 6.40. The molecule has 0 fully saturated rings. The predicted molar refractivity (Wildman–Crippen MR) is 77.9 cm³/mol. The van der Waals surface area contributed by atoms with Gasteiger partial charge in [-0.15, -0.1) is 0 Å². The van der Waals surface area contributed by atoms with Crippen LogP contribution in [0.1, 0.15) is 34.5 Å². The third kappa shape index (κ3) is 2.96. The minimum atomic E-state index is -0.316. The van der Waals surface area contributed by atoms with Crippen LogP contribution in [-0.4, -0.2) is 5.91 Å². The Labute approximate surface area is 117 Å². The highest BCUT2D eigenvalue weighted by Gasteiger charge is 2.14. The SMILES string of the molecule is Cc1c(N)cccc1C(=O)N[C@@H](C)c1cccc(F)c1. The third-order valence-corrected chi connectivity index (χ3v) is 3.32. The monoisotopic (exact) mass is 272 g/mol. The van der Waals surface area contributed by atoms with Crippen LogP contribution < -0.4 is 11.1 Å². The van der Waals surface area contributed by atoms with Crippen LogP contribution in [0, 0.1) is 12.7 Å². The molecule has 1 atom stereocenters. The number of nitrogen functional groups attached to an aromatic ring is 1. The normalized spacial score (nSPS) is 11.9. The molecule has 0 aromatic heterocycles. The Kier molecular flexibility index (Phi) is 4.03. The maximum atomic E-state index is 13.2. The van der Waals surface area contributed by atoms with Crippen LogP contribution in [0.5, 0.6) is 0 Å². The summed E-state index contributed by atoms with van der Waals surface area (Å²) in [5.74, 6) is -0.532. The minimum Gasteiger partial charge on any atom is -0.398 e. The molecule has 0 heterocycles. The molecule has 0 radical (unpaired) electrons. The molecule has 0 saturated carbocycles. The molecule has 0 saturated heterocycles. The van der Waals surface area contributed by atoms with E-state index in [1.807, 2.05) is 6.92 Å². The first-order valence-corrected chi connectivity index (χ1v) is 6.40. The molecule has 0 aliphatic heterocycles. The van der Waals surface area contributed by atoms with Gasteiger partial charge in [0.05, 0.1) is 6.04 Å². The van der Waals surface area contributed by atoms with E-state index >= 15 is 0 Å². The first-order chi connectivity index (χ1) is 9.49. The van der Waals surface area contributed by atoms with Crippen LogP contribution in [0.2, 0.25) is 0 Å². The largest absolute Gasteiger partial charge is 0.398 e. The van der Waals surface area contributed by atoms with E-state index in [1.165, 1.54) is 12.1 Å². The van der Waals surface area contributed by atoms with Crippen molar-refractivity contribution in [2.24, 2.45) is 0 Å². The van der Waals surface area contributed by atoms with Crippen molar-refractivity contribution in [1.82, 2.24) is 5.32 Å². The van der Waals surface area contributed by atoms with Gasteiger partial charge in [-0.1, -0.05) is 18.2 Å². The molecule has 20 heavy (non-hydrogen) atoms. The van der Waals surface area contributed by atoms with E-state index in [4.69, 9.17) is 5.73 Å². The predicted octanol–water partition coefficient (Wildman–Crippen LogP) is 3.21. The number of halogens is 1. The molecule has 104 valence electrons. The lowest BCUT2D eigenvalue weighted by Gasteiger charge is -2.16. The third-order valence-electron chi connectivity index (χ3n) is 3.32. The number of carbonyl (C=O) groups is 1. The van der Waals surface area contributed by atoms with Crippen LogP contribution in [0.25, 0.3) is 0 Å². The van der Waals surface area contributed by atoms with Crippen molar-refractivity contribution in [3.8, 4) is 0 Å². The van der Waals surface area contributed by atoms with Crippen molar-refractivity contribution in [2.75, 3.05) is 5.73 Å². The summed E-state index contributed by atoms with van der Waals surface area (Å²) < 4.78 is 13.2. The maximum absolute atomic E-state index is 13.2. The molecular formula is C16H17FN2O. The number of nitrogens with two attached hydrogens (primary N) is 1. The van der Waals surface area contributed by atoms with Crippen LogP contribution in [0.3, 0.4) is 0 Å². The van der Waals surface area contributed by atoms with Gasteiger partial charge in [0.2, 0.25) is 0 Å². The maximum Gasteiger partial charge on any atom is 0.252 e. The number of hydrogen-bond donors (Lipinski definition) is 2. The van der Waals surface area contributed by atoms with E-state index in [0.29, 0.717) is 11.3 Å². The fourth-order valence-corrected chi connectivity index (χ4v) is 2.03. The van der Waals surface area contributed by atoms with Gasteiger partial charge in [-0.2, -0.15) is 0 Å². The molecule has 2 rings (SSSR count). The molecule has 0 bridgehead atoms. The number of nitrogens with one attached hydrogen (secondary N) is 1. The van der Waals surface area contributed by atoms with Crippen LogP contribution in [-0.2, 0) is 0 Å². The van der Waals surface area contributed by atoms with Gasteiger partial charge in [0.1, 0.15) is 5.82 Å². The fourth-order valence-electron chi connectivity index (χ4n) is 2.03. The van der Waals surface area contributed by atoms with Crippen molar-refractivity contribution < 1.29 is 9.18 Å². The molecular weight excluding hydrogens is 255 g/mol. The summed E-state index contributed by atoms with van der Waals surface area (Å²) in [4.78, 5) is 12.2. The van der Waals surface area contributed by atoms with E-state index in [2.05, 4.69) is 5.32 Å². The molecule has 0 aliphatic carbocycles. The highest BCUT2D eigenvalue weighted by molar-refractivity contribution is 5.97. The van der Waals surface area contributed by atoms with Crippen molar-refractivity contribution in [3.05, 3.63) is 65.0 Å². The molecule has 2 aromatic rings. The second-order valence-electron chi connectivity index (χ2n) is 4.77. The second-order valence-corrected chi connectivity index (χ2v) is 4.77. The number of rotatable bonds is 3. The molecule has 3 nitrogen and oxygen atoms in total. The summed E-state index contributed by atoms with van der Waals surface area (Å²) in [6, 6.07) is 11.1. The highest BCUT2D eigenvalue weighted by Crippen LogP contribution is 2.18. The fraction of sp³-hybridized carbons (Fsp3) is 0.188. The van der Waals surface area contributed by atoms with Crippen molar-refractivity contribution in [1.29, 1.82) is 0 Å². The number of hydrogen-bond acceptors (Lipinski definition) is 2. The molecule has 0 unspecified atom stereocenters. The summed E-state index contributed by atoms with van der Waals surface area (Å²) in [6.45, 7) is 3.62. The summed E-state index contributed by atoms with van der Waals surface area (Å²) in [7, 11) is 0. The van der Waals surface area contributed by atoms with Gasteiger partial charge in [0.15, 0.2) is 0 Å². The smallest absolute Gasteiger partial charge is 0.252 e. The zero-order chi connectivity index (χ0) is 14.7. The zero-order valence-corrected chi connectivity index (χ0v) is 11.5. The van der Waals surface area contributed by atoms with Crippen molar-refractivity contribution in [2.45, 2.75) is 19.9 Å². The van der Waals surface area contributed by atoms with Crippen LogP contribution in [0.15, 0.2) is 42.5 Å². The highest BCUT2D eigenvalue weighted by atomic mass is 19.1. The number of amides is 1. The van der Waals surface area contributed by atoms with Gasteiger partial charge in [-0.05, 0) is 49.2 Å². The Bertz CT molecular complexity index is 640. The van der Waals surface area contributed by atoms with Crippen LogP contribution >= 0.6 is 0 Å². The molecule has 0 aliphatic rings. The van der Waals surface area contributed by atoms with Crippen LogP contribution in [0.4, 0.5) is 10.1 Å². The summed E-state index contributed by atoms with van der Waals surface area (Å²) in [5, 5.41) is 2.85. The lowest BCUT2D eigenvalue weighted by molar-refractivity contribution is 0.0939. The van der Waals surface area contributed by atoms with Gasteiger partial charge in [0.25, 0.3) is 5.91 Å². The molecule has 4 heteroatoms. The standard InChI is InChI=1S/C16H17FN2O/c1-10-14(7-4-8-15(10)18)16(20)19-11(2)12-5-3-6-13(17)9-12/h3-9,11H,18H2,1-2H3,(H,19,20)/t11-/m0/s1. The number of anilines is 1. The summed E-state index contributed by atoms with van der Waals surface area (Å²) >= 11 is 0. The van der Waals surface area contributed by atoms with Gasteiger partial charge in [-0.25, -0.2) is 4.39 Å². The zero-order valence-electron chi connectivity index (χ0n) is 11.5. The quantitative estimate of drug-likeness (QED) is 0.843. The lowest BCUT2D eigenvalue weighted by atomic mass is 10.0. The Morgan fingerprint density at radius 3 is 2.65 bits per heavy atom. The molecule has 3 N–H and O–H groups in total. The number of carbonyl (C=O) groups excluding carboxylic acids is 1. The van der Waals surface area contributed by atoms with Crippen molar-refractivity contribution >= 4 is 11.6 Å². The van der Waals surface area contributed by atoms with Gasteiger partial charge in [0, 0.05) is 11.3 Å². The first kappa shape index (κ1) is 14.1. The lowest BCUT2D eigenvalue weighted by Crippen LogP contribution is -2.27. The van der Waals surface area contributed by atoms with E-state index in [0.717, 1.165) is 11.1 Å². The van der Waals surface area contributed by atoms with Crippen molar-refractivity contribution in [3.63, 3.8) is 0 Å².